The van der Waals surface area contributed by atoms with Crippen LogP contribution in [0, 0.1) is 5.92 Å². The summed E-state index contributed by atoms with van der Waals surface area (Å²) in [4.78, 5) is 25.7. The van der Waals surface area contributed by atoms with Crippen LogP contribution in [0.2, 0.25) is 0 Å². The number of nitrogens with one attached hydrogen (secondary N) is 1. The van der Waals surface area contributed by atoms with Gasteiger partial charge in [-0.3, -0.25) is 4.79 Å². The van der Waals surface area contributed by atoms with Gasteiger partial charge in [-0.15, -0.1) is 0 Å². The topological polar surface area (TPSA) is 84.7 Å². The number of hydrogen-bond acceptors (Lipinski definition) is 3. The number of amides is 3. The number of carbonyl (C=O) groups is 2. The summed E-state index contributed by atoms with van der Waals surface area (Å²) in [5.41, 5.74) is 6.01. The van der Waals surface area contributed by atoms with Crippen molar-refractivity contribution in [3.63, 3.8) is 0 Å². The molecule has 1 aromatic rings. The number of rotatable bonds is 4. The lowest BCUT2D eigenvalue weighted by Crippen LogP contribution is -2.50. The van der Waals surface area contributed by atoms with E-state index in [2.05, 4.69) is 5.32 Å². The zero-order valence-electron chi connectivity index (χ0n) is 13.9. The molecule has 2 rings (SSSR count). The average molecular weight is 319 g/mol. The van der Waals surface area contributed by atoms with Crippen LogP contribution >= 0.6 is 0 Å². The number of likely N-dealkylation sites (tertiary alicyclic amines) is 1. The number of anilines is 1. The Morgan fingerprint density at radius 1 is 1.30 bits per heavy atom. The highest BCUT2D eigenvalue weighted by molar-refractivity contribution is 5.91. The summed E-state index contributed by atoms with van der Waals surface area (Å²) in [6.07, 6.45) is 1.51. The van der Waals surface area contributed by atoms with Gasteiger partial charge in [-0.2, -0.15) is 0 Å². The van der Waals surface area contributed by atoms with Crippen LogP contribution in [0.3, 0.4) is 0 Å². The van der Waals surface area contributed by atoms with Crippen LogP contribution in [0.5, 0.6) is 5.75 Å². The molecular formula is C17H25N3O3. The Bertz CT molecular complexity index is 574. The molecule has 1 aromatic carbocycles. The first-order valence-corrected chi connectivity index (χ1v) is 8.01. The summed E-state index contributed by atoms with van der Waals surface area (Å²) < 4.78 is 5.71. The van der Waals surface area contributed by atoms with Gasteiger partial charge in [0.05, 0.1) is 17.7 Å². The Labute approximate surface area is 137 Å². The first-order chi connectivity index (χ1) is 10.9. The van der Waals surface area contributed by atoms with Gasteiger partial charge in [0.25, 0.3) is 0 Å². The molecule has 6 nitrogen and oxygen atoms in total. The van der Waals surface area contributed by atoms with Crippen LogP contribution in [0.4, 0.5) is 10.5 Å². The van der Waals surface area contributed by atoms with Gasteiger partial charge in [0, 0.05) is 12.6 Å². The number of nitrogens with two attached hydrogens (primary N) is 1. The molecule has 0 saturated carbocycles. The number of primary amides is 1. The maximum atomic E-state index is 12.6. The molecule has 1 fully saturated rings. The van der Waals surface area contributed by atoms with Crippen LogP contribution in [0.15, 0.2) is 24.3 Å². The van der Waals surface area contributed by atoms with Crippen molar-refractivity contribution in [3.05, 3.63) is 24.3 Å². The molecule has 1 saturated heterocycles. The van der Waals surface area contributed by atoms with E-state index in [9.17, 15) is 9.59 Å². The zero-order valence-corrected chi connectivity index (χ0v) is 13.9. The normalized spacial score (nSPS) is 21.1. The minimum atomic E-state index is -0.349. The molecule has 0 spiro atoms. The van der Waals surface area contributed by atoms with Crippen molar-refractivity contribution in [1.29, 1.82) is 0 Å². The third kappa shape index (κ3) is 4.37. The smallest absolute Gasteiger partial charge is 0.322 e. The first-order valence-electron chi connectivity index (χ1n) is 8.01. The van der Waals surface area contributed by atoms with Crippen molar-refractivity contribution >= 4 is 17.6 Å². The summed E-state index contributed by atoms with van der Waals surface area (Å²) in [5, 5.41) is 2.89. The predicted molar refractivity (Wildman–Crippen MR) is 89.3 cm³/mol. The van der Waals surface area contributed by atoms with Gasteiger partial charge >= 0.3 is 6.03 Å². The monoisotopic (exact) mass is 319 g/mol. The summed E-state index contributed by atoms with van der Waals surface area (Å²) in [7, 11) is 0. The molecule has 6 heteroatoms. The first kappa shape index (κ1) is 17.1. The van der Waals surface area contributed by atoms with E-state index in [1.165, 1.54) is 0 Å². The maximum absolute atomic E-state index is 12.6. The van der Waals surface area contributed by atoms with E-state index in [1.807, 2.05) is 39.0 Å². The van der Waals surface area contributed by atoms with Gasteiger partial charge in [-0.05, 0) is 45.7 Å². The molecule has 0 bridgehead atoms. The van der Waals surface area contributed by atoms with E-state index in [0.717, 1.165) is 12.8 Å². The molecule has 2 atom stereocenters. The van der Waals surface area contributed by atoms with Crippen LogP contribution in [0.25, 0.3) is 0 Å². The zero-order chi connectivity index (χ0) is 17.0. The molecule has 126 valence electrons. The van der Waals surface area contributed by atoms with Gasteiger partial charge in [-0.25, -0.2) is 4.79 Å². The van der Waals surface area contributed by atoms with Crippen molar-refractivity contribution < 1.29 is 14.3 Å². The standard InChI is InChI=1S/C17H25N3O3/c1-11(2)23-15-7-5-4-6-14(15)19-17(22)20-10-13(16(18)21)9-8-12(20)3/h4-7,11-13H,8-10H2,1-3H3,(H2,18,21)(H,19,22). The minimum Gasteiger partial charge on any atom is -0.489 e. The van der Waals surface area contributed by atoms with Crippen LogP contribution in [-0.4, -0.2) is 35.5 Å². The highest BCUT2D eigenvalue weighted by atomic mass is 16.5. The Morgan fingerprint density at radius 3 is 2.65 bits per heavy atom. The Hall–Kier alpha value is -2.24. The Kier molecular flexibility index (Phi) is 5.47. The second-order valence-electron chi connectivity index (χ2n) is 6.27. The fraction of sp³-hybridized carbons (Fsp3) is 0.529. The lowest BCUT2D eigenvalue weighted by atomic mass is 9.93. The van der Waals surface area contributed by atoms with Gasteiger partial charge in [-0.1, -0.05) is 12.1 Å². The van der Waals surface area contributed by atoms with Crippen molar-refractivity contribution in [3.8, 4) is 5.75 Å². The maximum Gasteiger partial charge on any atom is 0.322 e. The summed E-state index contributed by atoms with van der Waals surface area (Å²) in [6, 6.07) is 7.17. The van der Waals surface area contributed by atoms with Gasteiger partial charge in [0.1, 0.15) is 5.75 Å². The molecule has 3 amide bonds. The van der Waals surface area contributed by atoms with Crippen molar-refractivity contribution in [1.82, 2.24) is 4.90 Å². The fourth-order valence-electron chi connectivity index (χ4n) is 2.74. The van der Waals surface area contributed by atoms with E-state index in [0.29, 0.717) is 18.0 Å². The van der Waals surface area contributed by atoms with Gasteiger partial charge in [0.15, 0.2) is 0 Å². The van der Waals surface area contributed by atoms with Gasteiger partial charge in [0.2, 0.25) is 5.91 Å². The van der Waals surface area contributed by atoms with Crippen LogP contribution in [-0.2, 0) is 4.79 Å². The van der Waals surface area contributed by atoms with E-state index in [-0.39, 0.29) is 30.0 Å². The van der Waals surface area contributed by atoms with E-state index in [4.69, 9.17) is 10.5 Å². The Morgan fingerprint density at radius 2 is 2.00 bits per heavy atom. The van der Waals surface area contributed by atoms with Crippen LogP contribution in [0.1, 0.15) is 33.6 Å². The fourth-order valence-corrected chi connectivity index (χ4v) is 2.74. The minimum absolute atomic E-state index is 0.0150. The molecule has 23 heavy (non-hydrogen) atoms. The highest BCUT2D eigenvalue weighted by Gasteiger charge is 2.31. The molecule has 1 aliphatic rings. The third-order valence-corrected chi connectivity index (χ3v) is 4.04. The lowest BCUT2D eigenvalue weighted by Gasteiger charge is -2.36. The number of urea groups is 1. The van der Waals surface area contributed by atoms with Crippen molar-refractivity contribution in [2.75, 3.05) is 11.9 Å². The van der Waals surface area contributed by atoms with E-state index < -0.39 is 0 Å². The van der Waals surface area contributed by atoms with Crippen LogP contribution < -0.4 is 15.8 Å². The molecule has 0 radical (unpaired) electrons. The van der Waals surface area contributed by atoms with E-state index >= 15 is 0 Å². The number of benzene rings is 1. The number of piperidine rings is 1. The molecule has 0 aromatic heterocycles. The number of carbonyl (C=O) groups excluding carboxylic acids is 2. The third-order valence-electron chi connectivity index (χ3n) is 4.04. The summed E-state index contributed by atoms with van der Waals surface area (Å²) in [6.45, 7) is 6.20. The van der Waals surface area contributed by atoms with E-state index in [1.54, 1.807) is 11.0 Å². The second-order valence-corrected chi connectivity index (χ2v) is 6.27. The lowest BCUT2D eigenvalue weighted by molar-refractivity contribution is -0.123. The summed E-state index contributed by atoms with van der Waals surface area (Å²) in [5.74, 6) is 0.00399. The Balaban J connectivity index is 2.10. The number of nitrogens with zero attached hydrogens (tertiary/aromatic N) is 1. The molecule has 0 aliphatic carbocycles. The second kappa shape index (κ2) is 7.35. The molecule has 1 heterocycles. The largest absolute Gasteiger partial charge is 0.489 e. The average Bonchev–Trinajstić information content (AvgIpc) is 2.48. The quantitative estimate of drug-likeness (QED) is 0.894. The molecular weight excluding hydrogens is 294 g/mol. The molecule has 3 N–H and O–H groups in total. The van der Waals surface area contributed by atoms with Gasteiger partial charge < -0.3 is 20.7 Å². The SMILES string of the molecule is CC(C)Oc1ccccc1NC(=O)N1CC(C(N)=O)CCC1C. The molecule has 1 aliphatic heterocycles. The number of hydrogen-bond donors (Lipinski definition) is 2. The predicted octanol–water partition coefficient (Wildman–Crippen LogP) is 2.59. The summed E-state index contributed by atoms with van der Waals surface area (Å²) >= 11 is 0. The number of para-hydroxylation sites is 2. The highest BCUT2D eigenvalue weighted by Crippen LogP contribution is 2.27. The van der Waals surface area contributed by atoms with Crippen molar-refractivity contribution in [2.45, 2.75) is 45.8 Å². The van der Waals surface area contributed by atoms with Crippen molar-refractivity contribution in [2.24, 2.45) is 11.7 Å². The molecule has 2 unspecified atom stereocenters. The number of ether oxygens (including phenoxy) is 1.